The number of fused-ring (bicyclic) bond motifs is 1. The fraction of sp³-hybridized carbons (Fsp3) is 0.235. The van der Waals surface area contributed by atoms with Crippen molar-refractivity contribution in [1.29, 1.82) is 0 Å². The van der Waals surface area contributed by atoms with E-state index in [1.165, 1.54) is 0 Å². The van der Waals surface area contributed by atoms with Gasteiger partial charge < -0.3 is 9.30 Å². The number of hydrogen-bond donors (Lipinski definition) is 0. The van der Waals surface area contributed by atoms with Gasteiger partial charge in [-0.05, 0) is 18.6 Å². The maximum atomic E-state index is 11.2. The van der Waals surface area contributed by atoms with E-state index in [-0.39, 0.29) is 0 Å². The Kier molecular flexibility index (Phi) is 3.42. The van der Waals surface area contributed by atoms with E-state index in [1.54, 1.807) is 7.11 Å². The Labute approximate surface area is 118 Å². The minimum absolute atomic E-state index is 0.320. The van der Waals surface area contributed by atoms with E-state index in [0.29, 0.717) is 5.92 Å². The molecule has 20 heavy (non-hydrogen) atoms. The van der Waals surface area contributed by atoms with Gasteiger partial charge in [0.05, 0.1) is 7.11 Å². The van der Waals surface area contributed by atoms with E-state index in [1.807, 2.05) is 36.5 Å². The molecule has 0 fully saturated rings. The van der Waals surface area contributed by atoms with Gasteiger partial charge in [-0.15, -0.1) is 0 Å². The first-order chi connectivity index (χ1) is 9.83. The Morgan fingerprint density at radius 2 is 2.25 bits per heavy atom. The van der Waals surface area contributed by atoms with Crippen molar-refractivity contribution in [2.45, 2.75) is 13.0 Å². The van der Waals surface area contributed by atoms with Crippen molar-refractivity contribution in [2.75, 3.05) is 7.11 Å². The number of hydrogen-bond acceptors (Lipinski definition) is 2. The van der Waals surface area contributed by atoms with Crippen LogP contribution in [0.1, 0.15) is 16.8 Å². The van der Waals surface area contributed by atoms with Crippen molar-refractivity contribution in [2.24, 2.45) is 5.92 Å². The second-order valence-corrected chi connectivity index (χ2v) is 5.01. The van der Waals surface area contributed by atoms with Crippen molar-refractivity contribution in [3.8, 4) is 0 Å². The van der Waals surface area contributed by atoms with Crippen LogP contribution in [0.15, 0.2) is 54.4 Å². The molecule has 1 aromatic carbocycles. The molecular formula is C17H17NO2. The van der Waals surface area contributed by atoms with Gasteiger partial charge >= 0.3 is 0 Å². The highest BCUT2D eigenvalue weighted by Crippen LogP contribution is 2.26. The van der Waals surface area contributed by atoms with Crippen LogP contribution in [0.2, 0.25) is 0 Å². The van der Waals surface area contributed by atoms with Crippen LogP contribution in [-0.4, -0.2) is 18.0 Å². The molecule has 1 aliphatic rings. The van der Waals surface area contributed by atoms with E-state index in [4.69, 9.17) is 4.74 Å². The summed E-state index contributed by atoms with van der Waals surface area (Å²) < 4.78 is 7.60. The van der Waals surface area contributed by atoms with Gasteiger partial charge in [-0.25, -0.2) is 0 Å². The smallest absolute Gasteiger partial charge is 0.152 e. The van der Waals surface area contributed by atoms with E-state index < -0.39 is 0 Å². The van der Waals surface area contributed by atoms with Crippen molar-refractivity contribution in [3.63, 3.8) is 0 Å². The lowest BCUT2D eigenvalue weighted by Crippen LogP contribution is -2.15. The Hall–Kier alpha value is -2.29. The molecule has 1 aromatic heterocycles. The van der Waals surface area contributed by atoms with Gasteiger partial charge in [-0.1, -0.05) is 30.4 Å². The van der Waals surface area contributed by atoms with Gasteiger partial charge in [-0.2, -0.15) is 0 Å². The molecule has 0 spiro atoms. The second-order valence-electron chi connectivity index (χ2n) is 5.01. The number of carbonyl (C=O) groups excluding carboxylic acids is 1. The maximum Gasteiger partial charge on any atom is 0.152 e. The number of para-hydroxylation sites is 1. The molecule has 102 valence electrons. The fourth-order valence-corrected chi connectivity index (χ4v) is 2.81. The normalized spacial score (nSPS) is 18.1. The average molecular weight is 267 g/mol. The molecule has 3 rings (SSSR count). The number of aromatic nitrogens is 1. The number of aldehydes is 1. The molecule has 3 heteroatoms. The van der Waals surface area contributed by atoms with Crippen LogP contribution in [-0.2, 0) is 11.3 Å². The largest absolute Gasteiger partial charge is 0.501 e. The van der Waals surface area contributed by atoms with Gasteiger partial charge in [0.25, 0.3) is 0 Å². The maximum absolute atomic E-state index is 11.2. The monoisotopic (exact) mass is 267 g/mol. The predicted molar refractivity (Wildman–Crippen MR) is 79.7 cm³/mol. The second kappa shape index (κ2) is 5.37. The standard InChI is InChI=1S/C17H17NO2/c1-20-17-9-5-2-6-13(17)10-18-11-14(12-19)15-7-3-4-8-16(15)18/h2-5,7-9,11-13H,6,10H2,1H3. The molecule has 1 atom stereocenters. The zero-order valence-corrected chi connectivity index (χ0v) is 11.5. The minimum Gasteiger partial charge on any atom is -0.501 e. The number of carbonyl (C=O) groups is 1. The van der Waals surface area contributed by atoms with Crippen LogP contribution in [0.5, 0.6) is 0 Å². The van der Waals surface area contributed by atoms with Crippen molar-refractivity contribution >= 4 is 17.2 Å². The molecule has 0 aliphatic heterocycles. The summed E-state index contributed by atoms with van der Waals surface area (Å²) in [5, 5.41) is 1.01. The summed E-state index contributed by atoms with van der Waals surface area (Å²) in [5.74, 6) is 1.32. The molecule has 0 saturated carbocycles. The molecule has 0 bridgehead atoms. The van der Waals surface area contributed by atoms with E-state index in [0.717, 1.165) is 41.5 Å². The van der Waals surface area contributed by atoms with Crippen molar-refractivity contribution in [1.82, 2.24) is 4.57 Å². The molecular weight excluding hydrogens is 250 g/mol. The summed E-state index contributed by atoms with van der Waals surface area (Å²) in [7, 11) is 1.71. The third-order valence-corrected chi connectivity index (χ3v) is 3.82. The first-order valence-electron chi connectivity index (χ1n) is 6.77. The van der Waals surface area contributed by atoms with Gasteiger partial charge in [0.15, 0.2) is 6.29 Å². The zero-order valence-electron chi connectivity index (χ0n) is 11.5. The molecule has 3 nitrogen and oxygen atoms in total. The predicted octanol–water partition coefficient (Wildman–Crippen LogP) is 3.56. The quantitative estimate of drug-likeness (QED) is 0.793. The van der Waals surface area contributed by atoms with Crippen molar-refractivity contribution in [3.05, 3.63) is 60.0 Å². The van der Waals surface area contributed by atoms with Crippen LogP contribution in [0, 0.1) is 5.92 Å². The summed E-state index contributed by atoms with van der Waals surface area (Å²) in [6.45, 7) is 0.818. The molecule has 1 aliphatic carbocycles. The first-order valence-corrected chi connectivity index (χ1v) is 6.77. The molecule has 1 heterocycles. The van der Waals surface area contributed by atoms with Crippen LogP contribution < -0.4 is 0 Å². The SMILES string of the molecule is COC1=CC=CCC1Cn1cc(C=O)c2ccccc21. The molecule has 0 radical (unpaired) electrons. The highest BCUT2D eigenvalue weighted by atomic mass is 16.5. The number of nitrogens with zero attached hydrogens (tertiary/aromatic N) is 1. The Morgan fingerprint density at radius 3 is 3.05 bits per heavy atom. The lowest BCUT2D eigenvalue weighted by Gasteiger charge is -2.21. The summed E-state index contributed by atoms with van der Waals surface area (Å²) in [4.78, 5) is 11.2. The molecule has 1 unspecified atom stereocenters. The number of rotatable bonds is 4. The minimum atomic E-state index is 0.320. The van der Waals surface area contributed by atoms with Crippen LogP contribution in [0.25, 0.3) is 10.9 Å². The van der Waals surface area contributed by atoms with Gasteiger partial charge in [0.2, 0.25) is 0 Å². The highest BCUT2D eigenvalue weighted by molar-refractivity contribution is 5.97. The topological polar surface area (TPSA) is 31.2 Å². The summed E-state index contributed by atoms with van der Waals surface area (Å²) in [6.07, 6.45) is 10.0. The summed E-state index contributed by atoms with van der Waals surface area (Å²) >= 11 is 0. The number of allylic oxidation sites excluding steroid dienone is 4. The third-order valence-electron chi connectivity index (χ3n) is 3.82. The van der Waals surface area contributed by atoms with Crippen LogP contribution in [0.3, 0.4) is 0 Å². The highest BCUT2D eigenvalue weighted by Gasteiger charge is 2.18. The Balaban J connectivity index is 1.97. The van der Waals surface area contributed by atoms with Crippen LogP contribution in [0.4, 0.5) is 0 Å². The van der Waals surface area contributed by atoms with Gasteiger partial charge in [0, 0.05) is 35.1 Å². The first kappa shape index (κ1) is 12.7. The summed E-state index contributed by atoms with van der Waals surface area (Å²) in [6, 6.07) is 8.01. The number of ether oxygens (including phenoxy) is 1. The lowest BCUT2D eigenvalue weighted by atomic mass is 9.98. The van der Waals surface area contributed by atoms with E-state index in [9.17, 15) is 4.79 Å². The van der Waals surface area contributed by atoms with E-state index in [2.05, 4.69) is 16.7 Å². The lowest BCUT2D eigenvalue weighted by molar-refractivity contribution is 0.112. The number of benzene rings is 1. The van der Waals surface area contributed by atoms with E-state index >= 15 is 0 Å². The molecule has 0 N–H and O–H groups in total. The average Bonchev–Trinajstić information content (AvgIpc) is 2.86. The molecule has 2 aromatic rings. The van der Waals surface area contributed by atoms with Gasteiger partial charge in [-0.3, -0.25) is 4.79 Å². The Bertz CT molecular complexity index is 694. The van der Waals surface area contributed by atoms with Crippen LogP contribution >= 0.6 is 0 Å². The third kappa shape index (κ3) is 2.16. The summed E-state index contributed by atoms with van der Waals surface area (Å²) in [5.41, 5.74) is 1.84. The Morgan fingerprint density at radius 1 is 1.40 bits per heavy atom. The van der Waals surface area contributed by atoms with Gasteiger partial charge in [0.1, 0.15) is 5.76 Å². The fourth-order valence-electron chi connectivity index (χ4n) is 2.81. The molecule has 0 amide bonds. The van der Waals surface area contributed by atoms with Crippen molar-refractivity contribution < 1.29 is 9.53 Å². The number of methoxy groups -OCH3 is 1. The molecule has 0 saturated heterocycles. The zero-order chi connectivity index (χ0) is 13.9.